The van der Waals surface area contributed by atoms with Gasteiger partial charge in [-0.25, -0.2) is 8.91 Å². The normalized spacial score (nSPS) is 12.2. The summed E-state index contributed by atoms with van der Waals surface area (Å²) in [4.78, 5) is 27.8. The molecule has 0 spiro atoms. The van der Waals surface area contributed by atoms with Crippen LogP contribution in [0.5, 0.6) is 0 Å². The van der Waals surface area contributed by atoms with Gasteiger partial charge in [0.25, 0.3) is 11.5 Å². The van der Waals surface area contributed by atoms with Gasteiger partial charge in [0.05, 0.1) is 6.04 Å². The van der Waals surface area contributed by atoms with Gasteiger partial charge in [0, 0.05) is 17.0 Å². The largest absolute Gasteiger partial charge is 0.383 e. The summed E-state index contributed by atoms with van der Waals surface area (Å²) in [6.07, 6.45) is 0. The number of nitrogens with two attached hydrogens (primary N) is 1. The van der Waals surface area contributed by atoms with Crippen LogP contribution in [0.15, 0.2) is 58.7 Å². The predicted molar refractivity (Wildman–Crippen MR) is 100 cm³/mol. The van der Waals surface area contributed by atoms with Gasteiger partial charge in [-0.15, -0.1) is 11.3 Å². The molecule has 1 unspecified atom stereocenters. The van der Waals surface area contributed by atoms with Gasteiger partial charge in [-0.2, -0.15) is 5.10 Å². The molecular weight excluding hydrogens is 369 g/mol. The molecule has 9 heteroatoms. The monoisotopic (exact) mass is 383 g/mol. The fourth-order valence-electron chi connectivity index (χ4n) is 2.77. The van der Waals surface area contributed by atoms with Gasteiger partial charge < -0.3 is 16.0 Å². The quantitative estimate of drug-likeness (QED) is 0.503. The molecule has 4 N–H and O–H groups in total. The molecule has 136 valence electrons. The number of amides is 1. The van der Waals surface area contributed by atoms with Crippen molar-refractivity contribution < 1.29 is 9.18 Å². The number of hydrogen-bond donors (Lipinski definition) is 3. The van der Waals surface area contributed by atoms with Crippen LogP contribution in [0.25, 0.3) is 5.65 Å². The molecule has 4 rings (SSSR count). The summed E-state index contributed by atoms with van der Waals surface area (Å²) in [7, 11) is 0. The van der Waals surface area contributed by atoms with E-state index in [1.807, 2.05) is 17.5 Å². The van der Waals surface area contributed by atoms with Gasteiger partial charge in [0.2, 0.25) is 0 Å². The van der Waals surface area contributed by atoms with E-state index in [0.29, 0.717) is 5.65 Å². The number of benzene rings is 1. The van der Waals surface area contributed by atoms with E-state index in [-0.39, 0.29) is 22.9 Å². The summed E-state index contributed by atoms with van der Waals surface area (Å²) < 4.78 is 14.6. The first-order valence-corrected chi connectivity index (χ1v) is 8.87. The summed E-state index contributed by atoms with van der Waals surface area (Å²) in [5, 5.41) is 8.95. The number of halogens is 1. The Labute approximate surface area is 156 Å². The zero-order valence-corrected chi connectivity index (χ0v) is 14.7. The second-order valence-electron chi connectivity index (χ2n) is 5.86. The molecular formula is C18H14FN5O2S. The molecule has 0 bridgehead atoms. The van der Waals surface area contributed by atoms with Gasteiger partial charge in [-0.3, -0.25) is 9.59 Å². The van der Waals surface area contributed by atoms with E-state index in [4.69, 9.17) is 5.73 Å². The van der Waals surface area contributed by atoms with Crippen LogP contribution in [-0.4, -0.2) is 20.5 Å². The van der Waals surface area contributed by atoms with Crippen molar-refractivity contribution in [2.24, 2.45) is 0 Å². The topological polar surface area (TPSA) is 105 Å². The van der Waals surface area contributed by atoms with E-state index in [0.717, 1.165) is 10.4 Å². The number of nitrogen functional groups attached to an aromatic ring is 1. The minimum absolute atomic E-state index is 0.104. The molecule has 3 aromatic heterocycles. The van der Waals surface area contributed by atoms with Crippen LogP contribution in [0.2, 0.25) is 0 Å². The molecule has 0 aliphatic rings. The lowest BCUT2D eigenvalue weighted by Gasteiger charge is -2.17. The maximum absolute atomic E-state index is 13.3. The van der Waals surface area contributed by atoms with Crippen molar-refractivity contribution in [3.8, 4) is 0 Å². The number of aromatic nitrogens is 3. The lowest BCUT2D eigenvalue weighted by molar-refractivity contribution is 0.0938. The summed E-state index contributed by atoms with van der Waals surface area (Å²) in [6.45, 7) is 0. The number of aromatic amines is 1. The molecule has 0 saturated heterocycles. The van der Waals surface area contributed by atoms with Crippen LogP contribution < -0.4 is 16.6 Å². The number of nitrogens with one attached hydrogen (secondary N) is 2. The molecule has 27 heavy (non-hydrogen) atoms. The van der Waals surface area contributed by atoms with Gasteiger partial charge in [-0.05, 0) is 29.1 Å². The molecule has 0 radical (unpaired) electrons. The molecule has 0 aliphatic carbocycles. The minimum atomic E-state index is -0.459. The Bertz CT molecular complexity index is 1160. The highest BCUT2D eigenvalue weighted by Crippen LogP contribution is 2.26. The van der Waals surface area contributed by atoms with Crippen molar-refractivity contribution in [2.45, 2.75) is 6.04 Å². The number of hydrogen-bond acceptors (Lipinski definition) is 5. The average molecular weight is 383 g/mol. The zero-order chi connectivity index (χ0) is 19.0. The molecule has 1 aromatic carbocycles. The summed E-state index contributed by atoms with van der Waals surface area (Å²) in [6, 6.07) is 11.9. The van der Waals surface area contributed by atoms with Crippen molar-refractivity contribution >= 4 is 28.7 Å². The Balaban J connectivity index is 1.69. The summed E-state index contributed by atoms with van der Waals surface area (Å²) in [5.41, 5.74) is 6.55. The Kier molecular flexibility index (Phi) is 4.21. The van der Waals surface area contributed by atoms with Crippen LogP contribution in [-0.2, 0) is 0 Å². The smallest absolute Gasteiger partial charge is 0.272 e. The van der Waals surface area contributed by atoms with E-state index >= 15 is 0 Å². The van der Waals surface area contributed by atoms with Crippen LogP contribution in [0.4, 0.5) is 10.2 Å². The van der Waals surface area contributed by atoms with Crippen molar-refractivity contribution in [1.82, 2.24) is 19.9 Å². The lowest BCUT2D eigenvalue weighted by atomic mass is 10.1. The highest BCUT2D eigenvalue weighted by molar-refractivity contribution is 7.10. The number of fused-ring (bicyclic) bond motifs is 1. The second-order valence-corrected chi connectivity index (χ2v) is 6.84. The Morgan fingerprint density at radius 2 is 2.04 bits per heavy atom. The fourth-order valence-corrected chi connectivity index (χ4v) is 3.57. The average Bonchev–Trinajstić information content (AvgIpc) is 3.30. The Hall–Kier alpha value is -3.46. The molecule has 3 heterocycles. The van der Waals surface area contributed by atoms with Crippen molar-refractivity contribution in [1.29, 1.82) is 0 Å². The number of carbonyl (C=O) groups excluding carboxylic acids is 1. The van der Waals surface area contributed by atoms with E-state index in [1.165, 1.54) is 40.1 Å². The standard InChI is InChI=1S/C18H14FN5O2S/c19-11-5-3-10(4-6-11)17(13-2-1-7-27-13)22-18(26)12-8-15-21-16(25)9-14(20)24(15)23-12/h1-9,17H,20H2,(H,21,25)(H,22,26). The Morgan fingerprint density at radius 3 is 2.74 bits per heavy atom. The SMILES string of the molecule is Nc1cc(=O)[nH]c2cc(C(=O)NC(c3ccc(F)cc3)c3cccs3)nn12. The number of carbonyl (C=O) groups is 1. The summed E-state index contributed by atoms with van der Waals surface area (Å²) in [5.74, 6) is -0.669. The van der Waals surface area contributed by atoms with Crippen LogP contribution in [0.1, 0.15) is 27.0 Å². The molecule has 4 aromatic rings. The van der Waals surface area contributed by atoms with E-state index in [9.17, 15) is 14.0 Å². The molecule has 0 fully saturated rings. The number of rotatable bonds is 4. The first kappa shape index (κ1) is 17.0. The fraction of sp³-hybridized carbons (Fsp3) is 0.0556. The van der Waals surface area contributed by atoms with Crippen molar-refractivity contribution in [3.63, 3.8) is 0 Å². The summed E-state index contributed by atoms with van der Waals surface area (Å²) >= 11 is 1.48. The number of nitrogens with zero attached hydrogens (tertiary/aromatic N) is 2. The van der Waals surface area contributed by atoms with E-state index < -0.39 is 11.9 Å². The third kappa shape index (κ3) is 3.32. The second kappa shape index (κ2) is 6.69. The van der Waals surface area contributed by atoms with Crippen molar-refractivity contribution in [3.05, 3.63) is 86.2 Å². The molecule has 0 saturated carbocycles. The third-order valence-electron chi connectivity index (χ3n) is 4.02. The molecule has 0 aliphatic heterocycles. The number of anilines is 1. The van der Waals surface area contributed by atoms with Crippen LogP contribution >= 0.6 is 11.3 Å². The number of H-pyrrole nitrogens is 1. The molecule has 1 amide bonds. The van der Waals surface area contributed by atoms with E-state index in [1.54, 1.807) is 12.1 Å². The predicted octanol–water partition coefficient (Wildman–Crippen LogP) is 2.32. The van der Waals surface area contributed by atoms with Gasteiger partial charge in [0.1, 0.15) is 17.3 Å². The zero-order valence-electron chi connectivity index (χ0n) is 13.8. The van der Waals surface area contributed by atoms with Gasteiger partial charge in [0.15, 0.2) is 5.69 Å². The van der Waals surface area contributed by atoms with E-state index in [2.05, 4.69) is 15.4 Å². The van der Waals surface area contributed by atoms with Gasteiger partial charge >= 0.3 is 0 Å². The third-order valence-corrected chi connectivity index (χ3v) is 4.96. The maximum Gasteiger partial charge on any atom is 0.272 e. The molecule has 1 atom stereocenters. The maximum atomic E-state index is 13.3. The van der Waals surface area contributed by atoms with Crippen LogP contribution in [0, 0.1) is 5.82 Å². The van der Waals surface area contributed by atoms with Gasteiger partial charge in [-0.1, -0.05) is 18.2 Å². The molecule has 7 nitrogen and oxygen atoms in total. The van der Waals surface area contributed by atoms with Crippen LogP contribution in [0.3, 0.4) is 0 Å². The minimum Gasteiger partial charge on any atom is -0.383 e. The highest BCUT2D eigenvalue weighted by atomic mass is 32.1. The number of thiophene rings is 1. The Morgan fingerprint density at radius 1 is 1.26 bits per heavy atom. The lowest BCUT2D eigenvalue weighted by Crippen LogP contribution is -2.29. The first-order valence-electron chi connectivity index (χ1n) is 7.99. The first-order chi connectivity index (χ1) is 13.0. The van der Waals surface area contributed by atoms with Crippen molar-refractivity contribution in [2.75, 3.05) is 5.73 Å². The highest BCUT2D eigenvalue weighted by Gasteiger charge is 2.21.